The summed E-state index contributed by atoms with van der Waals surface area (Å²) in [5.74, 6) is -0.247. The van der Waals surface area contributed by atoms with Gasteiger partial charge in [-0.15, -0.1) is 0 Å². The number of aryl methyl sites for hydroxylation is 1. The first kappa shape index (κ1) is 14.7. The van der Waals surface area contributed by atoms with Crippen LogP contribution >= 0.6 is 0 Å². The summed E-state index contributed by atoms with van der Waals surface area (Å²) in [6.45, 7) is 8.40. The number of esters is 1. The van der Waals surface area contributed by atoms with Gasteiger partial charge in [-0.2, -0.15) is 0 Å². The molecule has 1 rings (SSSR count). The fourth-order valence-corrected chi connectivity index (χ4v) is 1.75. The van der Waals surface area contributed by atoms with Gasteiger partial charge in [-0.3, -0.25) is 0 Å². The van der Waals surface area contributed by atoms with Crippen molar-refractivity contribution in [3.05, 3.63) is 34.9 Å². The fourth-order valence-electron chi connectivity index (χ4n) is 1.75. The van der Waals surface area contributed by atoms with Gasteiger partial charge in [0.2, 0.25) is 0 Å². The molecule has 0 aliphatic heterocycles. The largest absolute Gasteiger partial charge is 0.456 e. The summed E-state index contributed by atoms with van der Waals surface area (Å²) in [5, 5.41) is 0. The van der Waals surface area contributed by atoms with Crippen molar-refractivity contribution in [1.29, 1.82) is 0 Å². The van der Waals surface area contributed by atoms with E-state index in [4.69, 9.17) is 4.74 Å². The first-order chi connectivity index (χ1) is 8.20. The molecule has 0 aliphatic rings. The normalized spacial score (nSPS) is 11.7. The topological polar surface area (TPSA) is 29.5 Å². The van der Waals surface area contributed by atoms with Gasteiger partial charge in [0.25, 0.3) is 0 Å². The highest BCUT2D eigenvalue weighted by molar-refractivity contribution is 5.91. The number of hydrogen-bond donors (Lipinski definition) is 0. The van der Waals surface area contributed by atoms with Crippen LogP contribution in [0.15, 0.2) is 18.2 Å². The van der Waals surface area contributed by atoms with Gasteiger partial charge in [-0.25, -0.2) is 4.79 Å². The molecule has 0 atom stereocenters. The number of rotatable bonds is 3. The van der Waals surface area contributed by atoms with Crippen LogP contribution in [0.1, 0.15) is 42.3 Å². The lowest BCUT2D eigenvalue weighted by Crippen LogP contribution is -2.25. The highest BCUT2D eigenvalue weighted by Crippen LogP contribution is 2.19. The molecular weight excluding hydrogens is 226 g/mol. The molecule has 0 heterocycles. The Kier molecular flexibility index (Phi) is 4.52. The SMILES string of the molecule is Cc1cccc(C(=O)OC(C)(C)C)c1CN(C)C. The Morgan fingerprint density at radius 3 is 2.39 bits per heavy atom. The van der Waals surface area contributed by atoms with Crippen LogP contribution in [-0.2, 0) is 11.3 Å². The Hall–Kier alpha value is -1.35. The number of carbonyl (C=O) groups is 1. The minimum absolute atomic E-state index is 0.247. The third-order valence-corrected chi connectivity index (χ3v) is 2.50. The third kappa shape index (κ3) is 4.15. The smallest absolute Gasteiger partial charge is 0.338 e. The summed E-state index contributed by atoms with van der Waals surface area (Å²) in [4.78, 5) is 14.2. The fraction of sp³-hybridized carbons (Fsp3) is 0.533. The average molecular weight is 249 g/mol. The predicted octanol–water partition coefficient (Wildman–Crippen LogP) is 3.01. The molecule has 0 aliphatic carbocycles. The van der Waals surface area contributed by atoms with Crippen molar-refractivity contribution in [2.24, 2.45) is 0 Å². The van der Waals surface area contributed by atoms with E-state index in [1.54, 1.807) is 0 Å². The van der Waals surface area contributed by atoms with Crippen molar-refractivity contribution in [2.45, 2.75) is 39.8 Å². The van der Waals surface area contributed by atoms with Crippen molar-refractivity contribution in [1.82, 2.24) is 4.90 Å². The maximum absolute atomic E-state index is 12.2. The van der Waals surface area contributed by atoms with Gasteiger partial charge in [-0.1, -0.05) is 12.1 Å². The maximum Gasteiger partial charge on any atom is 0.338 e. The van der Waals surface area contributed by atoms with Crippen molar-refractivity contribution in [3.63, 3.8) is 0 Å². The lowest BCUT2D eigenvalue weighted by molar-refractivity contribution is 0.00676. The molecule has 0 fully saturated rings. The summed E-state index contributed by atoms with van der Waals surface area (Å²) in [6, 6.07) is 5.75. The zero-order valence-electron chi connectivity index (χ0n) is 12.2. The van der Waals surface area contributed by atoms with E-state index in [1.165, 1.54) is 0 Å². The molecule has 0 spiro atoms. The summed E-state index contributed by atoms with van der Waals surface area (Å²) in [6.07, 6.45) is 0. The van der Waals surface area contributed by atoms with Crippen LogP contribution in [-0.4, -0.2) is 30.6 Å². The number of benzene rings is 1. The molecular formula is C15H23NO2. The van der Waals surface area contributed by atoms with Crippen molar-refractivity contribution in [2.75, 3.05) is 14.1 Å². The molecule has 0 bridgehead atoms. The summed E-state index contributed by atoms with van der Waals surface area (Å²) in [7, 11) is 3.98. The predicted molar refractivity (Wildman–Crippen MR) is 73.7 cm³/mol. The van der Waals surface area contributed by atoms with Crippen LogP contribution in [0.4, 0.5) is 0 Å². The monoisotopic (exact) mass is 249 g/mol. The average Bonchev–Trinajstić information content (AvgIpc) is 2.17. The number of ether oxygens (including phenoxy) is 1. The molecule has 0 amide bonds. The van der Waals surface area contributed by atoms with Gasteiger partial charge in [0.1, 0.15) is 5.60 Å². The Balaban J connectivity index is 3.08. The second-order valence-electron chi connectivity index (χ2n) is 5.84. The van der Waals surface area contributed by atoms with Crippen LogP contribution in [0.25, 0.3) is 0 Å². The zero-order valence-corrected chi connectivity index (χ0v) is 12.2. The van der Waals surface area contributed by atoms with E-state index in [1.807, 2.05) is 60.0 Å². The van der Waals surface area contributed by atoms with Crippen molar-refractivity contribution < 1.29 is 9.53 Å². The Labute approximate surface area is 110 Å². The quantitative estimate of drug-likeness (QED) is 0.771. The first-order valence-electron chi connectivity index (χ1n) is 6.17. The highest BCUT2D eigenvalue weighted by Gasteiger charge is 2.21. The molecule has 0 unspecified atom stereocenters. The molecule has 1 aromatic rings. The lowest BCUT2D eigenvalue weighted by Gasteiger charge is -2.22. The standard InChI is InChI=1S/C15H23NO2/c1-11-8-7-9-12(13(11)10-16(5)6)14(17)18-15(2,3)4/h7-9H,10H2,1-6H3. The molecule has 0 saturated carbocycles. The molecule has 0 aromatic heterocycles. The van der Waals surface area contributed by atoms with Gasteiger partial charge in [0, 0.05) is 6.54 Å². The molecule has 0 radical (unpaired) electrons. The highest BCUT2D eigenvalue weighted by atomic mass is 16.6. The molecule has 0 saturated heterocycles. The summed E-state index contributed by atoms with van der Waals surface area (Å²) >= 11 is 0. The van der Waals surface area contributed by atoms with Crippen LogP contribution in [0, 0.1) is 6.92 Å². The van der Waals surface area contributed by atoms with Gasteiger partial charge in [0.15, 0.2) is 0 Å². The minimum Gasteiger partial charge on any atom is -0.456 e. The summed E-state index contributed by atoms with van der Waals surface area (Å²) < 4.78 is 5.44. The van der Waals surface area contributed by atoms with Crippen LogP contribution in [0.3, 0.4) is 0 Å². The van der Waals surface area contributed by atoms with E-state index in [0.29, 0.717) is 5.56 Å². The number of carbonyl (C=O) groups excluding carboxylic acids is 1. The molecule has 0 N–H and O–H groups in total. The van der Waals surface area contributed by atoms with E-state index in [2.05, 4.69) is 4.90 Å². The van der Waals surface area contributed by atoms with Gasteiger partial charge >= 0.3 is 5.97 Å². The molecule has 3 heteroatoms. The second kappa shape index (κ2) is 5.53. The van der Waals surface area contributed by atoms with E-state index < -0.39 is 5.60 Å². The van der Waals surface area contributed by atoms with E-state index >= 15 is 0 Å². The van der Waals surface area contributed by atoms with Crippen LogP contribution < -0.4 is 0 Å². The van der Waals surface area contributed by atoms with Crippen LogP contribution in [0.2, 0.25) is 0 Å². The first-order valence-corrected chi connectivity index (χ1v) is 6.17. The van der Waals surface area contributed by atoms with Gasteiger partial charge < -0.3 is 9.64 Å². The minimum atomic E-state index is -0.462. The third-order valence-electron chi connectivity index (χ3n) is 2.50. The Bertz CT molecular complexity index is 431. The van der Waals surface area contributed by atoms with Gasteiger partial charge in [0.05, 0.1) is 5.56 Å². The molecule has 3 nitrogen and oxygen atoms in total. The molecule has 18 heavy (non-hydrogen) atoms. The summed E-state index contributed by atoms with van der Waals surface area (Å²) in [5.41, 5.74) is 2.36. The van der Waals surface area contributed by atoms with Crippen molar-refractivity contribution >= 4 is 5.97 Å². The maximum atomic E-state index is 12.2. The Morgan fingerprint density at radius 2 is 1.89 bits per heavy atom. The molecule has 100 valence electrons. The van der Waals surface area contributed by atoms with Crippen molar-refractivity contribution in [3.8, 4) is 0 Å². The van der Waals surface area contributed by atoms with E-state index in [9.17, 15) is 4.79 Å². The van der Waals surface area contributed by atoms with Gasteiger partial charge in [-0.05, 0) is 59.0 Å². The Morgan fingerprint density at radius 1 is 1.28 bits per heavy atom. The number of hydrogen-bond acceptors (Lipinski definition) is 3. The lowest BCUT2D eigenvalue weighted by atomic mass is 10.0. The second-order valence-corrected chi connectivity index (χ2v) is 5.84. The van der Waals surface area contributed by atoms with Crippen LogP contribution in [0.5, 0.6) is 0 Å². The number of nitrogens with zero attached hydrogens (tertiary/aromatic N) is 1. The van der Waals surface area contributed by atoms with E-state index in [0.717, 1.165) is 17.7 Å². The zero-order chi connectivity index (χ0) is 13.9. The molecule has 1 aromatic carbocycles. The van der Waals surface area contributed by atoms with E-state index in [-0.39, 0.29) is 5.97 Å².